The third-order valence-corrected chi connectivity index (χ3v) is 3.88. The molecule has 0 bridgehead atoms. The Balaban J connectivity index is 2.58. The largest absolute Gasteiger partial charge is 0.389 e. The fourth-order valence-corrected chi connectivity index (χ4v) is 2.20. The van der Waals surface area contributed by atoms with E-state index in [0.29, 0.717) is 12.8 Å². The normalized spacial score (nSPS) is 22.5. The van der Waals surface area contributed by atoms with Crippen LogP contribution in [-0.2, 0) is 10.0 Å². The van der Waals surface area contributed by atoms with Crippen LogP contribution in [0, 0.1) is 0 Å². The van der Waals surface area contributed by atoms with Crippen LogP contribution in [0.5, 0.6) is 0 Å². The predicted molar refractivity (Wildman–Crippen MR) is 50.9 cm³/mol. The summed E-state index contributed by atoms with van der Waals surface area (Å²) in [6, 6.07) is 0. The van der Waals surface area contributed by atoms with Gasteiger partial charge >= 0.3 is 0 Å². The van der Waals surface area contributed by atoms with Gasteiger partial charge in [0, 0.05) is 13.6 Å². The van der Waals surface area contributed by atoms with Crippen LogP contribution in [-0.4, -0.2) is 43.3 Å². The van der Waals surface area contributed by atoms with Crippen LogP contribution in [0.25, 0.3) is 0 Å². The van der Waals surface area contributed by atoms with Gasteiger partial charge < -0.3 is 5.11 Å². The number of nitrogens with zero attached hydrogens (tertiary/aromatic N) is 1. The maximum atomic E-state index is 11.1. The van der Waals surface area contributed by atoms with Gasteiger partial charge in [0.15, 0.2) is 0 Å². The summed E-state index contributed by atoms with van der Waals surface area (Å²) < 4.78 is 23.4. The molecule has 0 aromatic rings. The fraction of sp³-hybridized carbons (Fsp3) is 1.00. The molecule has 4 nitrogen and oxygen atoms in total. The molecule has 1 fully saturated rings. The van der Waals surface area contributed by atoms with E-state index in [1.807, 2.05) is 0 Å². The molecule has 1 aliphatic rings. The zero-order valence-corrected chi connectivity index (χ0v) is 8.97. The van der Waals surface area contributed by atoms with Crippen LogP contribution in [0.4, 0.5) is 0 Å². The van der Waals surface area contributed by atoms with Gasteiger partial charge in [0.05, 0.1) is 11.9 Å². The van der Waals surface area contributed by atoms with E-state index in [-0.39, 0.29) is 6.54 Å². The molecule has 0 spiro atoms. The molecule has 0 unspecified atom stereocenters. The van der Waals surface area contributed by atoms with E-state index in [1.54, 1.807) is 0 Å². The molecule has 5 heteroatoms. The van der Waals surface area contributed by atoms with Gasteiger partial charge in [-0.2, -0.15) is 0 Å². The number of hydrogen-bond acceptors (Lipinski definition) is 3. The van der Waals surface area contributed by atoms with Gasteiger partial charge in [-0.15, -0.1) is 0 Å². The van der Waals surface area contributed by atoms with E-state index in [1.165, 1.54) is 11.4 Å². The highest BCUT2D eigenvalue weighted by atomic mass is 32.2. The number of sulfonamides is 1. The number of rotatable bonds is 3. The number of aliphatic hydroxyl groups is 1. The summed E-state index contributed by atoms with van der Waals surface area (Å²) in [4.78, 5) is 0. The molecule has 78 valence electrons. The second-order valence-corrected chi connectivity index (χ2v) is 6.04. The highest BCUT2D eigenvalue weighted by molar-refractivity contribution is 7.88. The Bertz CT molecular complexity index is 267. The molecule has 1 N–H and O–H groups in total. The molecular formula is C8H17NO3S. The minimum Gasteiger partial charge on any atom is -0.389 e. The molecule has 0 aliphatic heterocycles. The van der Waals surface area contributed by atoms with E-state index < -0.39 is 15.6 Å². The van der Waals surface area contributed by atoms with E-state index in [2.05, 4.69) is 0 Å². The minimum absolute atomic E-state index is 0.228. The quantitative estimate of drug-likeness (QED) is 0.718. The van der Waals surface area contributed by atoms with Crippen molar-refractivity contribution in [3.8, 4) is 0 Å². The molecule has 0 atom stereocenters. The summed E-state index contributed by atoms with van der Waals surface area (Å²) >= 11 is 0. The SMILES string of the molecule is CN(CC1(O)CCCC1)S(C)(=O)=O. The second-order valence-electron chi connectivity index (χ2n) is 3.95. The minimum atomic E-state index is -3.16. The van der Waals surface area contributed by atoms with Crippen LogP contribution in [0.15, 0.2) is 0 Å². The lowest BCUT2D eigenvalue weighted by Crippen LogP contribution is -2.41. The number of likely N-dealkylation sites (N-methyl/N-ethyl adjacent to an activating group) is 1. The molecule has 13 heavy (non-hydrogen) atoms. The second kappa shape index (κ2) is 3.55. The average molecular weight is 207 g/mol. The van der Waals surface area contributed by atoms with Crippen molar-refractivity contribution in [2.45, 2.75) is 31.3 Å². The topological polar surface area (TPSA) is 57.6 Å². The van der Waals surface area contributed by atoms with E-state index in [9.17, 15) is 13.5 Å². The Morgan fingerprint density at radius 3 is 2.23 bits per heavy atom. The van der Waals surface area contributed by atoms with Crippen LogP contribution in [0.1, 0.15) is 25.7 Å². The van der Waals surface area contributed by atoms with Crippen molar-refractivity contribution in [1.82, 2.24) is 4.31 Å². The van der Waals surface area contributed by atoms with Crippen LogP contribution in [0.3, 0.4) is 0 Å². The van der Waals surface area contributed by atoms with Crippen molar-refractivity contribution in [3.05, 3.63) is 0 Å². The van der Waals surface area contributed by atoms with Crippen LogP contribution >= 0.6 is 0 Å². The Kier molecular flexibility index (Phi) is 2.99. The summed E-state index contributed by atoms with van der Waals surface area (Å²) in [7, 11) is -1.65. The molecule has 0 aromatic heterocycles. The summed E-state index contributed by atoms with van der Waals surface area (Å²) in [5.41, 5.74) is -0.780. The van der Waals surface area contributed by atoms with Crippen LogP contribution < -0.4 is 0 Å². The molecule has 0 heterocycles. The molecule has 0 amide bonds. The first-order chi connectivity index (χ1) is 5.83. The highest BCUT2D eigenvalue weighted by Crippen LogP contribution is 2.30. The van der Waals surface area contributed by atoms with Gasteiger partial charge in [0.25, 0.3) is 0 Å². The van der Waals surface area contributed by atoms with Crippen molar-refractivity contribution in [1.29, 1.82) is 0 Å². The van der Waals surface area contributed by atoms with Gasteiger partial charge in [-0.1, -0.05) is 12.8 Å². The summed E-state index contributed by atoms with van der Waals surface area (Å²) in [5.74, 6) is 0. The molecule has 1 saturated carbocycles. The molecule has 1 rings (SSSR count). The third kappa shape index (κ3) is 2.93. The van der Waals surface area contributed by atoms with Gasteiger partial charge in [-0.05, 0) is 12.8 Å². The summed E-state index contributed by atoms with van der Waals surface area (Å²) in [5, 5.41) is 9.92. The van der Waals surface area contributed by atoms with Crippen molar-refractivity contribution < 1.29 is 13.5 Å². The Morgan fingerprint density at radius 2 is 1.85 bits per heavy atom. The zero-order valence-electron chi connectivity index (χ0n) is 8.15. The molecular weight excluding hydrogens is 190 g/mol. The number of hydrogen-bond donors (Lipinski definition) is 1. The summed E-state index contributed by atoms with van der Waals surface area (Å²) in [6.45, 7) is 0.228. The fourth-order valence-electron chi connectivity index (χ4n) is 1.72. The van der Waals surface area contributed by atoms with Crippen LogP contribution in [0.2, 0.25) is 0 Å². The van der Waals surface area contributed by atoms with E-state index in [0.717, 1.165) is 19.1 Å². The van der Waals surface area contributed by atoms with Crippen molar-refractivity contribution >= 4 is 10.0 Å². The monoisotopic (exact) mass is 207 g/mol. The maximum Gasteiger partial charge on any atom is 0.211 e. The van der Waals surface area contributed by atoms with Crippen molar-refractivity contribution in [2.75, 3.05) is 19.8 Å². The lowest BCUT2D eigenvalue weighted by Gasteiger charge is -2.26. The van der Waals surface area contributed by atoms with Crippen molar-refractivity contribution in [3.63, 3.8) is 0 Å². The standard InChI is InChI=1S/C8H17NO3S/c1-9(13(2,11)12)7-8(10)5-3-4-6-8/h10H,3-7H2,1-2H3. The maximum absolute atomic E-state index is 11.1. The summed E-state index contributed by atoms with van der Waals surface area (Å²) in [6.07, 6.45) is 4.58. The molecule has 1 aliphatic carbocycles. The van der Waals surface area contributed by atoms with Gasteiger partial charge in [-0.25, -0.2) is 12.7 Å². The lowest BCUT2D eigenvalue weighted by molar-refractivity contribution is 0.0335. The van der Waals surface area contributed by atoms with E-state index >= 15 is 0 Å². The Labute approximate surface area is 79.6 Å². The molecule has 0 aromatic carbocycles. The third-order valence-electron chi connectivity index (χ3n) is 2.62. The predicted octanol–water partition coefficient (Wildman–Crippen LogP) is 0.183. The highest BCUT2D eigenvalue weighted by Gasteiger charge is 2.34. The molecule has 0 radical (unpaired) electrons. The smallest absolute Gasteiger partial charge is 0.211 e. The Morgan fingerprint density at radius 1 is 1.38 bits per heavy atom. The van der Waals surface area contributed by atoms with Crippen molar-refractivity contribution in [2.24, 2.45) is 0 Å². The van der Waals surface area contributed by atoms with Gasteiger partial charge in [-0.3, -0.25) is 0 Å². The Hall–Kier alpha value is -0.130. The first kappa shape index (κ1) is 10.9. The van der Waals surface area contributed by atoms with Gasteiger partial charge in [0.1, 0.15) is 0 Å². The molecule has 0 saturated heterocycles. The lowest BCUT2D eigenvalue weighted by atomic mass is 10.0. The first-order valence-corrected chi connectivity index (χ1v) is 6.32. The average Bonchev–Trinajstić information content (AvgIpc) is 2.33. The zero-order chi connectivity index (χ0) is 10.1. The first-order valence-electron chi connectivity index (χ1n) is 4.47. The van der Waals surface area contributed by atoms with Gasteiger partial charge in [0.2, 0.25) is 10.0 Å². The van der Waals surface area contributed by atoms with E-state index in [4.69, 9.17) is 0 Å².